The first kappa shape index (κ1) is 13.6. The Hall–Kier alpha value is -1.09. The maximum Gasteiger partial charge on any atom is 0.127 e. The van der Waals surface area contributed by atoms with Crippen LogP contribution in [0.25, 0.3) is 0 Å². The third-order valence-corrected chi connectivity index (χ3v) is 5.77. The zero-order valence-corrected chi connectivity index (χ0v) is 12.7. The molecule has 2 bridgehead atoms. The highest BCUT2D eigenvalue weighted by Gasteiger charge is 2.55. The van der Waals surface area contributed by atoms with Gasteiger partial charge in [0.15, 0.2) is 0 Å². The van der Waals surface area contributed by atoms with E-state index in [-0.39, 0.29) is 11.4 Å². The van der Waals surface area contributed by atoms with E-state index in [2.05, 4.69) is 12.2 Å². The molecule has 0 aromatic heterocycles. The first-order valence-corrected chi connectivity index (χ1v) is 8.42. The van der Waals surface area contributed by atoms with E-state index in [9.17, 15) is 4.39 Å². The number of nitrogens with one attached hydrogen (secondary N) is 1. The summed E-state index contributed by atoms with van der Waals surface area (Å²) < 4.78 is 20.1. The van der Waals surface area contributed by atoms with Crippen molar-refractivity contribution in [3.63, 3.8) is 0 Å². The van der Waals surface area contributed by atoms with Crippen molar-refractivity contribution in [2.24, 2.45) is 11.8 Å². The zero-order valence-electron chi connectivity index (χ0n) is 12.7. The summed E-state index contributed by atoms with van der Waals surface area (Å²) in [6.45, 7) is 3.19. The molecule has 2 fully saturated rings. The van der Waals surface area contributed by atoms with Gasteiger partial charge < -0.3 is 10.1 Å². The molecule has 114 valence electrons. The monoisotopic (exact) mass is 289 g/mol. The maximum absolute atomic E-state index is 13.6. The van der Waals surface area contributed by atoms with Crippen LogP contribution in [0.15, 0.2) is 18.2 Å². The molecule has 2 nitrogen and oxygen atoms in total. The first-order chi connectivity index (χ1) is 10.2. The molecule has 4 unspecified atom stereocenters. The number of fused-ring (bicyclic) bond motifs is 4. The molecule has 2 aliphatic carbocycles. The smallest absolute Gasteiger partial charge is 0.127 e. The lowest BCUT2D eigenvalue weighted by Gasteiger charge is -2.45. The van der Waals surface area contributed by atoms with Gasteiger partial charge in [0.2, 0.25) is 0 Å². The molecule has 21 heavy (non-hydrogen) atoms. The third kappa shape index (κ3) is 2.17. The van der Waals surface area contributed by atoms with E-state index in [1.807, 2.05) is 6.07 Å². The van der Waals surface area contributed by atoms with Gasteiger partial charge in [0, 0.05) is 24.1 Å². The summed E-state index contributed by atoms with van der Waals surface area (Å²) in [4.78, 5) is 0. The Balaban J connectivity index is 1.69. The Kier molecular flexibility index (Phi) is 3.21. The zero-order chi connectivity index (χ0) is 14.4. The number of hydrogen-bond donors (Lipinski definition) is 1. The van der Waals surface area contributed by atoms with Crippen LogP contribution in [0.3, 0.4) is 0 Å². The van der Waals surface area contributed by atoms with Gasteiger partial charge in [0.05, 0.1) is 0 Å². The molecule has 1 aliphatic heterocycles. The first-order valence-electron chi connectivity index (χ1n) is 8.42. The Morgan fingerprint density at radius 2 is 2.24 bits per heavy atom. The number of benzene rings is 1. The van der Waals surface area contributed by atoms with Crippen molar-refractivity contribution in [3.05, 3.63) is 29.6 Å². The lowest BCUT2D eigenvalue weighted by Crippen LogP contribution is -2.48. The van der Waals surface area contributed by atoms with Crippen molar-refractivity contribution in [3.8, 4) is 5.75 Å². The van der Waals surface area contributed by atoms with E-state index in [0.717, 1.165) is 43.0 Å². The summed E-state index contributed by atoms with van der Waals surface area (Å²) in [5, 5.41) is 3.66. The average molecular weight is 289 g/mol. The summed E-state index contributed by atoms with van der Waals surface area (Å²) in [6.07, 6.45) is 7.29. The van der Waals surface area contributed by atoms with Crippen molar-refractivity contribution in [1.82, 2.24) is 5.32 Å². The summed E-state index contributed by atoms with van der Waals surface area (Å²) >= 11 is 0. The maximum atomic E-state index is 13.6. The molecule has 1 N–H and O–H groups in total. The Bertz CT molecular complexity index is 546. The minimum atomic E-state index is -0.191. The van der Waals surface area contributed by atoms with Crippen molar-refractivity contribution in [2.45, 2.75) is 57.1 Å². The van der Waals surface area contributed by atoms with E-state index in [0.29, 0.717) is 12.0 Å². The van der Waals surface area contributed by atoms with E-state index < -0.39 is 0 Å². The fraction of sp³-hybridized carbons (Fsp3) is 0.667. The highest BCUT2D eigenvalue weighted by atomic mass is 19.1. The molecule has 1 heterocycles. The number of ether oxygens (including phenoxy) is 1. The summed E-state index contributed by atoms with van der Waals surface area (Å²) in [5.41, 5.74) is 1.10. The van der Waals surface area contributed by atoms with Gasteiger partial charge in [-0.1, -0.05) is 13.0 Å². The molecule has 0 saturated heterocycles. The lowest BCUT2D eigenvalue weighted by molar-refractivity contribution is -0.0186. The van der Waals surface area contributed by atoms with Crippen LogP contribution in [0.2, 0.25) is 0 Å². The second-order valence-corrected chi connectivity index (χ2v) is 7.14. The number of rotatable bonds is 3. The quantitative estimate of drug-likeness (QED) is 0.900. The second-order valence-electron chi connectivity index (χ2n) is 7.14. The van der Waals surface area contributed by atoms with Crippen LogP contribution in [0.5, 0.6) is 5.75 Å². The van der Waals surface area contributed by atoms with Gasteiger partial charge in [-0.3, -0.25) is 0 Å². The molecule has 4 rings (SSSR count). The fourth-order valence-electron chi connectivity index (χ4n) is 4.87. The Labute approximate surface area is 126 Å². The van der Waals surface area contributed by atoms with E-state index >= 15 is 0 Å². The minimum absolute atomic E-state index is 0.0326. The fourth-order valence-corrected chi connectivity index (χ4v) is 4.87. The third-order valence-electron chi connectivity index (χ3n) is 5.77. The summed E-state index contributed by atoms with van der Waals surface area (Å²) in [6, 6.07) is 5.36. The van der Waals surface area contributed by atoms with Gasteiger partial charge in [-0.25, -0.2) is 4.39 Å². The van der Waals surface area contributed by atoms with Gasteiger partial charge in [0.1, 0.15) is 17.2 Å². The van der Waals surface area contributed by atoms with Crippen LogP contribution in [-0.4, -0.2) is 12.1 Å². The predicted molar refractivity (Wildman–Crippen MR) is 80.9 cm³/mol. The molecule has 4 atom stereocenters. The van der Waals surface area contributed by atoms with Crippen molar-refractivity contribution in [1.29, 1.82) is 0 Å². The van der Waals surface area contributed by atoms with Crippen molar-refractivity contribution < 1.29 is 9.13 Å². The van der Waals surface area contributed by atoms with Crippen LogP contribution in [0.4, 0.5) is 4.39 Å². The number of halogens is 1. The summed E-state index contributed by atoms with van der Waals surface area (Å²) in [5.74, 6) is 2.09. The van der Waals surface area contributed by atoms with Gasteiger partial charge in [-0.05, 0) is 56.6 Å². The molecule has 3 heteroatoms. The van der Waals surface area contributed by atoms with Crippen LogP contribution in [0, 0.1) is 17.7 Å². The topological polar surface area (TPSA) is 21.3 Å². The van der Waals surface area contributed by atoms with E-state index in [4.69, 9.17) is 4.74 Å². The largest absolute Gasteiger partial charge is 0.486 e. The highest BCUT2D eigenvalue weighted by molar-refractivity contribution is 5.40. The van der Waals surface area contributed by atoms with Crippen LogP contribution < -0.4 is 10.1 Å². The van der Waals surface area contributed by atoms with E-state index in [1.54, 1.807) is 12.1 Å². The van der Waals surface area contributed by atoms with Gasteiger partial charge in [-0.15, -0.1) is 0 Å². The molecular weight excluding hydrogens is 265 g/mol. The van der Waals surface area contributed by atoms with Crippen molar-refractivity contribution in [2.75, 3.05) is 6.54 Å². The van der Waals surface area contributed by atoms with Crippen molar-refractivity contribution >= 4 is 0 Å². The highest BCUT2D eigenvalue weighted by Crippen LogP contribution is 2.58. The molecule has 3 aliphatic rings. The average Bonchev–Trinajstić information content (AvgIpc) is 3.04. The molecule has 1 aromatic carbocycles. The minimum Gasteiger partial charge on any atom is -0.486 e. The summed E-state index contributed by atoms with van der Waals surface area (Å²) in [7, 11) is 0. The molecular formula is C18H24FNO. The lowest BCUT2D eigenvalue weighted by atomic mass is 9.76. The molecule has 0 amide bonds. The predicted octanol–water partition coefficient (Wildman–Crippen LogP) is 4.21. The molecule has 1 spiro atoms. The van der Waals surface area contributed by atoms with Gasteiger partial charge >= 0.3 is 0 Å². The molecule has 0 radical (unpaired) electrons. The van der Waals surface area contributed by atoms with E-state index in [1.165, 1.54) is 19.3 Å². The standard InChI is InChI=1S/C18H24FNO/c1-2-7-20-16-11-18(10-12-3-4-13(18)8-12)21-17-9-14(19)5-6-15(16)17/h5-6,9,12-13,16,20H,2-4,7-8,10-11H2,1H3. The Morgan fingerprint density at radius 3 is 2.95 bits per heavy atom. The number of hydrogen-bond acceptors (Lipinski definition) is 2. The van der Waals surface area contributed by atoms with Crippen LogP contribution >= 0.6 is 0 Å². The molecule has 1 aromatic rings. The van der Waals surface area contributed by atoms with Crippen LogP contribution in [-0.2, 0) is 0 Å². The Morgan fingerprint density at radius 1 is 1.33 bits per heavy atom. The second kappa shape index (κ2) is 4.98. The van der Waals surface area contributed by atoms with Gasteiger partial charge in [-0.2, -0.15) is 0 Å². The normalized spacial score (nSPS) is 36.8. The molecule has 2 saturated carbocycles. The van der Waals surface area contributed by atoms with Gasteiger partial charge in [0.25, 0.3) is 0 Å². The van der Waals surface area contributed by atoms with Crippen LogP contribution in [0.1, 0.15) is 57.1 Å². The SMILES string of the molecule is CCCNC1CC2(CC3CCC2C3)Oc2cc(F)ccc21.